The second-order valence-electron chi connectivity index (χ2n) is 4.62. The first-order valence-corrected chi connectivity index (χ1v) is 5.02. The molecule has 16 heavy (non-hydrogen) atoms. The number of carbonyl (C=O) groups is 1. The van der Waals surface area contributed by atoms with E-state index in [0.717, 1.165) is 0 Å². The number of hydrogen-bond donors (Lipinski definition) is 0. The Morgan fingerprint density at radius 2 is 2.12 bits per heavy atom. The van der Waals surface area contributed by atoms with Crippen LogP contribution in [0.25, 0.3) is 11.1 Å². The largest absolute Gasteiger partial charge is 0.443 e. The molecule has 0 aliphatic rings. The predicted octanol–water partition coefficient (Wildman–Crippen LogP) is 2.78. The van der Waals surface area contributed by atoms with E-state index >= 15 is 0 Å². The smallest absolute Gasteiger partial charge is 0.316 e. The molecule has 4 nitrogen and oxygen atoms in total. The van der Waals surface area contributed by atoms with Gasteiger partial charge in [-0.05, 0) is 32.9 Å². The van der Waals surface area contributed by atoms with Crippen molar-refractivity contribution in [3.63, 3.8) is 0 Å². The maximum absolute atomic E-state index is 11.6. The second-order valence-corrected chi connectivity index (χ2v) is 4.62. The molecule has 1 aromatic heterocycles. The first-order chi connectivity index (χ1) is 7.47. The lowest BCUT2D eigenvalue weighted by molar-refractivity contribution is -0.142. The number of oxazole rings is 1. The van der Waals surface area contributed by atoms with Crippen molar-refractivity contribution in [3.05, 3.63) is 24.6 Å². The van der Waals surface area contributed by atoms with Crippen LogP contribution in [0.1, 0.15) is 20.8 Å². The van der Waals surface area contributed by atoms with Crippen molar-refractivity contribution in [1.29, 1.82) is 0 Å². The summed E-state index contributed by atoms with van der Waals surface area (Å²) >= 11 is 0. The van der Waals surface area contributed by atoms with Gasteiger partial charge < -0.3 is 9.15 Å². The monoisotopic (exact) mass is 219 g/mol. The van der Waals surface area contributed by atoms with E-state index < -0.39 is 5.41 Å². The number of nitrogens with zero attached hydrogens (tertiary/aromatic N) is 1. The van der Waals surface area contributed by atoms with Gasteiger partial charge in [-0.1, -0.05) is 0 Å². The third kappa shape index (κ3) is 2.05. The van der Waals surface area contributed by atoms with Gasteiger partial charge in [0, 0.05) is 6.07 Å². The summed E-state index contributed by atoms with van der Waals surface area (Å²) < 4.78 is 10.3. The molecule has 0 amide bonds. The molecule has 0 bridgehead atoms. The summed E-state index contributed by atoms with van der Waals surface area (Å²) in [5.41, 5.74) is 0.841. The molecule has 0 spiro atoms. The van der Waals surface area contributed by atoms with Crippen LogP contribution in [-0.2, 0) is 4.79 Å². The van der Waals surface area contributed by atoms with Gasteiger partial charge in [0.25, 0.3) is 0 Å². The number of fused-ring (bicyclic) bond motifs is 1. The van der Waals surface area contributed by atoms with Crippen LogP contribution in [0, 0.1) is 5.41 Å². The minimum Gasteiger partial charge on any atom is -0.443 e. The molecule has 0 atom stereocenters. The van der Waals surface area contributed by atoms with Gasteiger partial charge in [-0.3, -0.25) is 4.79 Å². The van der Waals surface area contributed by atoms with E-state index in [2.05, 4.69) is 4.98 Å². The molecule has 0 radical (unpaired) electrons. The van der Waals surface area contributed by atoms with E-state index in [-0.39, 0.29) is 5.97 Å². The number of benzene rings is 1. The molecule has 0 unspecified atom stereocenters. The number of aromatic nitrogens is 1. The van der Waals surface area contributed by atoms with Crippen LogP contribution in [0.15, 0.2) is 29.0 Å². The van der Waals surface area contributed by atoms with Crippen molar-refractivity contribution in [3.8, 4) is 5.75 Å². The molecule has 2 rings (SSSR count). The summed E-state index contributed by atoms with van der Waals surface area (Å²) in [5, 5.41) is 0. The van der Waals surface area contributed by atoms with Crippen LogP contribution < -0.4 is 4.74 Å². The highest BCUT2D eigenvalue weighted by Crippen LogP contribution is 2.22. The molecule has 0 N–H and O–H groups in total. The first kappa shape index (κ1) is 10.7. The second kappa shape index (κ2) is 3.63. The van der Waals surface area contributed by atoms with Gasteiger partial charge in [-0.25, -0.2) is 4.98 Å². The van der Waals surface area contributed by atoms with Crippen molar-refractivity contribution in [2.24, 2.45) is 5.41 Å². The van der Waals surface area contributed by atoms with Crippen molar-refractivity contribution >= 4 is 17.1 Å². The summed E-state index contributed by atoms with van der Waals surface area (Å²) in [5.74, 6) is 0.219. The highest BCUT2D eigenvalue weighted by atomic mass is 16.5. The molecule has 4 heteroatoms. The van der Waals surface area contributed by atoms with Crippen LogP contribution in [0.4, 0.5) is 0 Å². The molecule has 1 heterocycles. The van der Waals surface area contributed by atoms with Gasteiger partial charge in [0.05, 0.1) is 5.41 Å². The third-order valence-corrected chi connectivity index (χ3v) is 2.12. The van der Waals surface area contributed by atoms with Gasteiger partial charge in [0.15, 0.2) is 12.0 Å². The lowest BCUT2D eigenvalue weighted by atomic mass is 9.97. The average molecular weight is 219 g/mol. The minimum atomic E-state index is -0.515. The van der Waals surface area contributed by atoms with Crippen LogP contribution >= 0.6 is 0 Å². The molecular formula is C12H13NO3. The Labute approximate surface area is 93.2 Å². The van der Waals surface area contributed by atoms with E-state index in [1.807, 2.05) is 20.8 Å². The van der Waals surface area contributed by atoms with Gasteiger partial charge in [-0.15, -0.1) is 0 Å². The lowest BCUT2D eigenvalue weighted by Crippen LogP contribution is -2.25. The normalized spacial score (nSPS) is 11.7. The topological polar surface area (TPSA) is 52.3 Å². The summed E-state index contributed by atoms with van der Waals surface area (Å²) in [6.45, 7) is 5.43. The van der Waals surface area contributed by atoms with Crippen LogP contribution in [0.3, 0.4) is 0 Å². The van der Waals surface area contributed by atoms with E-state index in [4.69, 9.17) is 9.15 Å². The Morgan fingerprint density at radius 3 is 2.81 bits per heavy atom. The summed E-state index contributed by atoms with van der Waals surface area (Å²) in [6.07, 6.45) is 1.36. The maximum atomic E-state index is 11.6. The Hall–Kier alpha value is -1.84. The molecular weight excluding hydrogens is 206 g/mol. The lowest BCUT2D eigenvalue weighted by Gasteiger charge is -2.15. The maximum Gasteiger partial charge on any atom is 0.316 e. The van der Waals surface area contributed by atoms with Gasteiger partial charge in [0.2, 0.25) is 0 Å². The third-order valence-electron chi connectivity index (χ3n) is 2.12. The SMILES string of the molecule is CC(C)(C)C(=O)Oc1ccc2ocnc2c1. The Kier molecular flexibility index (Phi) is 2.42. The van der Waals surface area contributed by atoms with Crippen LogP contribution in [0.2, 0.25) is 0 Å². The zero-order valence-corrected chi connectivity index (χ0v) is 9.48. The molecule has 0 saturated carbocycles. The number of esters is 1. The van der Waals surface area contributed by atoms with Crippen molar-refractivity contribution in [2.45, 2.75) is 20.8 Å². The highest BCUT2D eigenvalue weighted by molar-refractivity contribution is 5.80. The summed E-state index contributed by atoms with van der Waals surface area (Å²) in [7, 11) is 0. The standard InChI is InChI=1S/C12H13NO3/c1-12(2,3)11(14)16-8-4-5-10-9(6-8)13-7-15-10/h4-7H,1-3H3. The fraction of sp³-hybridized carbons (Fsp3) is 0.333. The molecule has 2 aromatic rings. The quantitative estimate of drug-likeness (QED) is 0.546. The number of hydrogen-bond acceptors (Lipinski definition) is 4. The predicted molar refractivity (Wildman–Crippen MR) is 59.1 cm³/mol. The fourth-order valence-corrected chi connectivity index (χ4v) is 1.16. The fourth-order valence-electron chi connectivity index (χ4n) is 1.16. The van der Waals surface area contributed by atoms with E-state index in [1.165, 1.54) is 6.39 Å². The minimum absolute atomic E-state index is 0.268. The summed E-state index contributed by atoms with van der Waals surface area (Å²) in [4.78, 5) is 15.6. The molecule has 0 saturated heterocycles. The molecule has 0 fully saturated rings. The van der Waals surface area contributed by atoms with E-state index in [1.54, 1.807) is 18.2 Å². The number of carbonyl (C=O) groups excluding carboxylic acids is 1. The van der Waals surface area contributed by atoms with Crippen molar-refractivity contribution in [2.75, 3.05) is 0 Å². The van der Waals surface area contributed by atoms with E-state index in [9.17, 15) is 4.79 Å². The van der Waals surface area contributed by atoms with Gasteiger partial charge >= 0.3 is 5.97 Å². The van der Waals surface area contributed by atoms with Gasteiger partial charge in [0.1, 0.15) is 11.3 Å². The zero-order valence-electron chi connectivity index (χ0n) is 9.48. The average Bonchev–Trinajstić information content (AvgIpc) is 2.63. The van der Waals surface area contributed by atoms with E-state index in [0.29, 0.717) is 16.8 Å². The molecule has 1 aromatic carbocycles. The number of ether oxygens (including phenoxy) is 1. The summed E-state index contributed by atoms with van der Waals surface area (Å²) in [6, 6.07) is 5.10. The van der Waals surface area contributed by atoms with Gasteiger partial charge in [-0.2, -0.15) is 0 Å². The molecule has 84 valence electrons. The Balaban J connectivity index is 2.24. The van der Waals surface area contributed by atoms with Crippen molar-refractivity contribution < 1.29 is 13.9 Å². The Morgan fingerprint density at radius 1 is 1.38 bits per heavy atom. The van der Waals surface area contributed by atoms with Crippen LogP contribution in [0.5, 0.6) is 5.75 Å². The van der Waals surface area contributed by atoms with Crippen LogP contribution in [-0.4, -0.2) is 11.0 Å². The highest BCUT2D eigenvalue weighted by Gasteiger charge is 2.23. The first-order valence-electron chi connectivity index (χ1n) is 5.02. The molecule has 0 aliphatic carbocycles. The Bertz CT molecular complexity index is 522. The molecule has 0 aliphatic heterocycles. The number of rotatable bonds is 1. The zero-order chi connectivity index (χ0) is 11.8. The van der Waals surface area contributed by atoms with Crippen molar-refractivity contribution in [1.82, 2.24) is 4.98 Å².